The van der Waals surface area contributed by atoms with Crippen LogP contribution < -0.4 is 15.0 Å². The number of hydrazone groups is 1. The van der Waals surface area contributed by atoms with E-state index in [2.05, 4.69) is 10.2 Å². The predicted octanol–water partition coefficient (Wildman–Crippen LogP) is 4.01. The van der Waals surface area contributed by atoms with E-state index in [1.54, 1.807) is 31.6 Å². The minimum atomic E-state index is -0.642. The van der Waals surface area contributed by atoms with Crippen molar-refractivity contribution in [1.82, 2.24) is 14.8 Å². The van der Waals surface area contributed by atoms with Crippen LogP contribution in [0.1, 0.15) is 22.9 Å². The Bertz CT molecular complexity index is 1240. The second-order valence-electron chi connectivity index (χ2n) is 6.87. The fraction of sp³-hybridized carbons (Fsp3) is 0.238. The summed E-state index contributed by atoms with van der Waals surface area (Å²) in [5.41, 5.74) is 0.958. The molecule has 0 saturated carbocycles. The Balaban J connectivity index is 1.69. The van der Waals surface area contributed by atoms with E-state index in [1.807, 2.05) is 29.6 Å². The lowest BCUT2D eigenvalue weighted by atomic mass is 10.0. The zero-order valence-electron chi connectivity index (χ0n) is 17.1. The van der Waals surface area contributed by atoms with Crippen LogP contribution in [0, 0.1) is 0 Å². The van der Waals surface area contributed by atoms with E-state index >= 15 is 0 Å². The summed E-state index contributed by atoms with van der Waals surface area (Å²) < 4.78 is 11.7. The van der Waals surface area contributed by atoms with Crippen molar-refractivity contribution in [3.8, 4) is 11.5 Å². The van der Waals surface area contributed by atoms with Gasteiger partial charge in [0.2, 0.25) is 0 Å². The van der Waals surface area contributed by atoms with Crippen LogP contribution >= 0.6 is 34.5 Å². The maximum Gasteiger partial charge on any atom is 0.287 e. The van der Waals surface area contributed by atoms with Crippen LogP contribution in [-0.4, -0.2) is 40.6 Å². The third kappa shape index (κ3) is 4.23. The van der Waals surface area contributed by atoms with Gasteiger partial charge in [-0.1, -0.05) is 35.3 Å². The molecule has 3 aromatic rings. The van der Waals surface area contributed by atoms with Crippen molar-refractivity contribution in [3.63, 3.8) is 0 Å². The highest BCUT2D eigenvalue weighted by molar-refractivity contribution is 7.12. The number of thiophene rings is 1. The van der Waals surface area contributed by atoms with Gasteiger partial charge in [-0.25, -0.2) is 9.69 Å². The molecule has 3 heterocycles. The maximum atomic E-state index is 13.2. The molecule has 1 aromatic carbocycles. The number of methoxy groups -OCH3 is 2. The Morgan fingerprint density at radius 3 is 2.69 bits per heavy atom. The first-order valence-electron chi connectivity index (χ1n) is 9.49. The molecule has 2 aromatic heterocycles. The lowest BCUT2D eigenvalue weighted by Gasteiger charge is -2.23. The second-order valence-corrected chi connectivity index (χ2v) is 8.60. The number of carbonyl (C=O) groups excluding carboxylic acids is 1. The Kier molecular flexibility index (Phi) is 6.50. The number of benzene rings is 1. The summed E-state index contributed by atoms with van der Waals surface area (Å²) in [7, 11) is 3.11. The van der Waals surface area contributed by atoms with Gasteiger partial charge >= 0.3 is 0 Å². The number of carbonyl (C=O) groups is 1. The number of halogens is 2. The van der Waals surface area contributed by atoms with Crippen molar-refractivity contribution in [3.05, 3.63) is 72.7 Å². The Morgan fingerprint density at radius 1 is 1.22 bits per heavy atom. The zero-order chi connectivity index (χ0) is 22.8. The molecule has 1 amide bonds. The maximum absolute atomic E-state index is 13.2. The molecule has 0 unspecified atom stereocenters. The molecule has 0 bridgehead atoms. The second kappa shape index (κ2) is 9.32. The molecule has 11 heteroatoms. The quantitative estimate of drug-likeness (QED) is 0.518. The summed E-state index contributed by atoms with van der Waals surface area (Å²) in [5.74, 6) is 0.715. The normalized spacial score (nSPS) is 15.6. The largest absolute Gasteiger partial charge is 0.493 e. The van der Waals surface area contributed by atoms with E-state index in [4.69, 9.17) is 32.7 Å². The molecule has 32 heavy (non-hydrogen) atoms. The van der Waals surface area contributed by atoms with E-state index in [-0.39, 0.29) is 16.6 Å². The van der Waals surface area contributed by atoms with Gasteiger partial charge in [0.1, 0.15) is 11.6 Å². The third-order valence-electron chi connectivity index (χ3n) is 4.99. The first kappa shape index (κ1) is 22.3. The van der Waals surface area contributed by atoms with Crippen LogP contribution in [0.5, 0.6) is 11.5 Å². The van der Waals surface area contributed by atoms with Gasteiger partial charge < -0.3 is 9.47 Å². The number of amides is 1. The predicted molar refractivity (Wildman–Crippen MR) is 123 cm³/mol. The third-order valence-corrected chi connectivity index (χ3v) is 6.66. The molecule has 0 N–H and O–H groups in total. The van der Waals surface area contributed by atoms with Gasteiger partial charge in [0, 0.05) is 6.42 Å². The zero-order valence-corrected chi connectivity index (χ0v) is 19.4. The highest BCUT2D eigenvalue weighted by Crippen LogP contribution is 2.38. The number of hydrogen-bond donors (Lipinski definition) is 0. The van der Waals surface area contributed by atoms with Gasteiger partial charge in [0.05, 0.1) is 42.1 Å². The van der Waals surface area contributed by atoms with Crippen molar-refractivity contribution < 1.29 is 14.3 Å². The van der Waals surface area contributed by atoms with Gasteiger partial charge in [-0.2, -0.15) is 10.2 Å². The highest BCUT2D eigenvalue weighted by atomic mass is 35.5. The topological polar surface area (TPSA) is 86.0 Å². The average molecular weight is 493 g/mol. The SMILES string of the molecule is COc1ccc([C@@H]2CC(c3cccs3)=NN2C(=O)Cn2ncc(Cl)c(Cl)c2=O)cc1OC. The minimum absolute atomic E-state index is 0.0303. The molecule has 1 aliphatic rings. The lowest BCUT2D eigenvalue weighted by Crippen LogP contribution is -2.35. The summed E-state index contributed by atoms with van der Waals surface area (Å²) >= 11 is 13.3. The fourth-order valence-electron chi connectivity index (χ4n) is 3.41. The van der Waals surface area contributed by atoms with E-state index in [9.17, 15) is 9.59 Å². The van der Waals surface area contributed by atoms with Crippen LogP contribution in [0.25, 0.3) is 0 Å². The molecule has 1 atom stereocenters. The van der Waals surface area contributed by atoms with Crippen LogP contribution in [0.2, 0.25) is 10.0 Å². The molecule has 0 aliphatic carbocycles. The van der Waals surface area contributed by atoms with E-state index in [0.717, 1.165) is 20.8 Å². The number of aromatic nitrogens is 2. The summed E-state index contributed by atoms with van der Waals surface area (Å²) in [4.78, 5) is 26.5. The molecule has 0 saturated heterocycles. The first-order valence-corrected chi connectivity index (χ1v) is 11.1. The van der Waals surface area contributed by atoms with Crippen molar-refractivity contribution in [2.75, 3.05) is 14.2 Å². The molecular formula is C21H18Cl2N4O4S. The molecule has 166 valence electrons. The monoisotopic (exact) mass is 492 g/mol. The Morgan fingerprint density at radius 2 is 2.00 bits per heavy atom. The Hall–Kier alpha value is -2.88. The van der Waals surface area contributed by atoms with E-state index in [1.165, 1.54) is 11.2 Å². The van der Waals surface area contributed by atoms with Crippen molar-refractivity contribution >= 4 is 46.2 Å². The summed E-state index contributed by atoms with van der Waals surface area (Å²) in [6.45, 7) is -0.333. The van der Waals surface area contributed by atoms with Gasteiger partial charge in [-0.05, 0) is 29.1 Å². The first-order chi connectivity index (χ1) is 15.4. The molecule has 0 radical (unpaired) electrons. The number of nitrogens with zero attached hydrogens (tertiary/aromatic N) is 4. The lowest BCUT2D eigenvalue weighted by molar-refractivity contribution is -0.133. The molecular weight excluding hydrogens is 475 g/mol. The Labute approximate surface area is 197 Å². The van der Waals surface area contributed by atoms with E-state index in [0.29, 0.717) is 17.9 Å². The van der Waals surface area contributed by atoms with Crippen LogP contribution in [0.15, 0.2) is 51.8 Å². The highest BCUT2D eigenvalue weighted by Gasteiger charge is 2.34. The van der Waals surface area contributed by atoms with Gasteiger partial charge in [0.15, 0.2) is 11.5 Å². The molecule has 8 nitrogen and oxygen atoms in total. The number of ether oxygens (including phenoxy) is 2. The van der Waals surface area contributed by atoms with Crippen molar-refractivity contribution in [2.45, 2.75) is 19.0 Å². The van der Waals surface area contributed by atoms with Crippen molar-refractivity contribution in [2.24, 2.45) is 5.10 Å². The van der Waals surface area contributed by atoms with Gasteiger partial charge in [-0.15, -0.1) is 11.3 Å². The van der Waals surface area contributed by atoms with Crippen LogP contribution in [-0.2, 0) is 11.3 Å². The van der Waals surface area contributed by atoms with Crippen LogP contribution in [0.4, 0.5) is 0 Å². The molecule has 4 rings (SSSR count). The average Bonchev–Trinajstić information content (AvgIpc) is 3.49. The summed E-state index contributed by atoms with van der Waals surface area (Å²) in [6, 6.07) is 8.96. The van der Waals surface area contributed by atoms with Crippen molar-refractivity contribution in [1.29, 1.82) is 0 Å². The van der Waals surface area contributed by atoms with Gasteiger partial charge in [-0.3, -0.25) is 9.59 Å². The standard InChI is InChI=1S/C21H18Cl2N4O4S/c1-30-16-6-5-12(8-17(16)31-2)15-9-14(18-4-3-7-32-18)25-27(15)19(28)11-26-21(29)20(23)13(22)10-24-26/h3-8,10,15H,9,11H2,1-2H3/t15-/m0/s1. The smallest absolute Gasteiger partial charge is 0.287 e. The molecule has 1 aliphatic heterocycles. The minimum Gasteiger partial charge on any atom is -0.493 e. The number of rotatable bonds is 6. The van der Waals surface area contributed by atoms with Gasteiger partial charge in [0.25, 0.3) is 11.5 Å². The molecule has 0 spiro atoms. The summed E-state index contributed by atoms with van der Waals surface area (Å²) in [5, 5.41) is 11.7. The molecule has 0 fully saturated rings. The number of hydrogen-bond acceptors (Lipinski definition) is 7. The fourth-order valence-corrected chi connectivity index (χ4v) is 4.40. The van der Waals surface area contributed by atoms with E-state index < -0.39 is 17.5 Å². The van der Waals surface area contributed by atoms with Crippen LogP contribution in [0.3, 0.4) is 0 Å². The summed E-state index contributed by atoms with van der Waals surface area (Å²) in [6.07, 6.45) is 1.74.